The molecule has 2 aliphatic rings. The predicted molar refractivity (Wildman–Crippen MR) is 117 cm³/mol. The van der Waals surface area contributed by atoms with Gasteiger partial charge in [-0.25, -0.2) is 0 Å². The van der Waals surface area contributed by atoms with Gasteiger partial charge in [-0.15, -0.1) is 0 Å². The monoisotopic (exact) mass is 400 g/mol. The van der Waals surface area contributed by atoms with Crippen LogP contribution in [0.5, 0.6) is 17.2 Å². The highest BCUT2D eigenvalue weighted by molar-refractivity contribution is 6.08. The maximum atomic E-state index is 5.53. The molecule has 0 spiro atoms. The third-order valence-electron chi connectivity index (χ3n) is 5.91. The summed E-state index contributed by atoms with van der Waals surface area (Å²) in [6.45, 7) is 0. The molecule has 0 saturated carbocycles. The van der Waals surface area contributed by atoms with Crippen LogP contribution in [0.25, 0.3) is 0 Å². The van der Waals surface area contributed by atoms with Crippen molar-refractivity contribution in [1.82, 2.24) is 4.90 Å². The Balaban J connectivity index is 1.55. The second-order valence-electron chi connectivity index (χ2n) is 7.48. The molecule has 5 rings (SSSR count). The summed E-state index contributed by atoms with van der Waals surface area (Å²) in [5.41, 5.74) is 4.66. The highest BCUT2D eigenvalue weighted by Crippen LogP contribution is 2.56. The van der Waals surface area contributed by atoms with Gasteiger partial charge in [0.1, 0.15) is 11.9 Å². The molecule has 0 amide bonds. The van der Waals surface area contributed by atoms with Crippen molar-refractivity contribution in [1.29, 1.82) is 0 Å². The van der Waals surface area contributed by atoms with E-state index in [1.807, 2.05) is 24.3 Å². The van der Waals surface area contributed by atoms with E-state index in [-0.39, 0.29) is 12.2 Å². The average molecular weight is 400 g/mol. The van der Waals surface area contributed by atoms with Crippen molar-refractivity contribution < 1.29 is 14.2 Å². The van der Waals surface area contributed by atoms with Gasteiger partial charge in [0.2, 0.25) is 0 Å². The second-order valence-corrected chi connectivity index (χ2v) is 7.48. The fraction of sp³-hybridized carbons (Fsp3) is 0.240. The lowest BCUT2D eigenvalue weighted by Gasteiger charge is -2.16. The van der Waals surface area contributed by atoms with Crippen molar-refractivity contribution in [3.05, 3.63) is 89.5 Å². The molecule has 3 aromatic carbocycles. The summed E-state index contributed by atoms with van der Waals surface area (Å²) >= 11 is 0. The largest absolute Gasteiger partial charge is 0.497 e. The molecule has 1 unspecified atom stereocenters. The van der Waals surface area contributed by atoms with Gasteiger partial charge in [0.15, 0.2) is 11.5 Å². The Bertz CT molecular complexity index is 1080. The van der Waals surface area contributed by atoms with E-state index in [1.54, 1.807) is 21.3 Å². The van der Waals surface area contributed by atoms with Crippen LogP contribution in [0.3, 0.4) is 0 Å². The Morgan fingerprint density at radius 2 is 1.43 bits per heavy atom. The van der Waals surface area contributed by atoms with Crippen LogP contribution in [0.15, 0.2) is 77.8 Å². The molecule has 5 heteroatoms. The van der Waals surface area contributed by atoms with Crippen LogP contribution in [-0.2, 0) is 0 Å². The highest BCUT2D eigenvalue weighted by atomic mass is 16.5. The van der Waals surface area contributed by atoms with Gasteiger partial charge in [0.25, 0.3) is 0 Å². The van der Waals surface area contributed by atoms with Crippen LogP contribution in [-0.4, -0.2) is 38.0 Å². The summed E-state index contributed by atoms with van der Waals surface area (Å²) in [6.07, 6.45) is -0.0582. The van der Waals surface area contributed by atoms with Crippen molar-refractivity contribution in [2.24, 2.45) is 4.99 Å². The van der Waals surface area contributed by atoms with Gasteiger partial charge >= 0.3 is 0 Å². The van der Waals surface area contributed by atoms with Gasteiger partial charge < -0.3 is 14.2 Å². The molecular formula is C25H24N2O3. The highest BCUT2D eigenvalue weighted by Gasteiger charge is 2.59. The van der Waals surface area contributed by atoms with Crippen molar-refractivity contribution in [3.63, 3.8) is 0 Å². The van der Waals surface area contributed by atoms with E-state index in [2.05, 4.69) is 53.4 Å². The first kappa shape index (κ1) is 18.7. The van der Waals surface area contributed by atoms with E-state index in [0.717, 1.165) is 34.1 Å². The molecule has 2 aliphatic heterocycles. The zero-order valence-electron chi connectivity index (χ0n) is 17.3. The Morgan fingerprint density at radius 1 is 0.700 bits per heavy atom. The Morgan fingerprint density at radius 3 is 2.10 bits per heavy atom. The van der Waals surface area contributed by atoms with E-state index >= 15 is 0 Å². The SMILES string of the molecule is COc1ccc(C2=N[C@@H](c3ccc(OC)c(OC)c3)N3[C@@H]2[C@@H]3c2ccccc2)cc1. The zero-order valence-corrected chi connectivity index (χ0v) is 17.3. The van der Waals surface area contributed by atoms with Crippen LogP contribution in [0.2, 0.25) is 0 Å². The van der Waals surface area contributed by atoms with Crippen LogP contribution < -0.4 is 14.2 Å². The summed E-state index contributed by atoms with van der Waals surface area (Å²) in [5.74, 6) is 2.29. The Hall–Kier alpha value is -3.31. The summed E-state index contributed by atoms with van der Waals surface area (Å²) < 4.78 is 16.3. The van der Waals surface area contributed by atoms with Gasteiger partial charge in [-0.2, -0.15) is 0 Å². The van der Waals surface area contributed by atoms with Crippen molar-refractivity contribution in [2.45, 2.75) is 18.2 Å². The molecule has 1 fully saturated rings. The van der Waals surface area contributed by atoms with Crippen LogP contribution in [0.4, 0.5) is 0 Å². The number of aliphatic imine (C=N–C) groups is 1. The zero-order chi connectivity index (χ0) is 20.7. The molecule has 0 aliphatic carbocycles. The maximum absolute atomic E-state index is 5.53. The molecule has 0 radical (unpaired) electrons. The van der Waals surface area contributed by atoms with Crippen molar-refractivity contribution in [2.75, 3.05) is 21.3 Å². The first-order valence-electron chi connectivity index (χ1n) is 10.0. The first-order valence-corrected chi connectivity index (χ1v) is 10.0. The summed E-state index contributed by atoms with van der Waals surface area (Å²) in [5, 5.41) is 0. The van der Waals surface area contributed by atoms with Crippen LogP contribution in [0, 0.1) is 0 Å². The third kappa shape index (κ3) is 3.02. The minimum atomic E-state index is -0.0582. The number of ether oxygens (including phenoxy) is 3. The van der Waals surface area contributed by atoms with Crippen molar-refractivity contribution in [3.8, 4) is 17.2 Å². The number of methoxy groups -OCH3 is 3. The predicted octanol–water partition coefficient (Wildman–Crippen LogP) is 4.64. The second kappa shape index (κ2) is 7.50. The minimum Gasteiger partial charge on any atom is -0.497 e. The maximum Gasteiger partial charge on any atom is 0.161 e. The Kier molecular flexibility index (Phi) is 4.68. The molecule has 4 atom stereocenters. The quantitative estimate of drug-likeness (QED) is 0.566. The number of rotatable bonds is 6. The van der Waals surface area contributed by atoms with Crippen LogP contribution >= 0.6 is 0 Å². The standard InChI is InChI=1S/C25H24N2O3/c1-28-19-12-9-16(10-13-19)22-24-23(17-7-5-4-6-8-17)27(24)25(26-22)18-11-14-20(29-2)21(15-18)30-3/h4-15,23-25H,1-3H3/t23-,24-,25+,27?/m0/s1. The normalized spacial score (nSPS) is 24.0. The summed E-state index contributed by atoms with van der Waals surface area (Å²) in [7, 11) is 5.00. The number of hydrogen-bond donors (Lipinski definition) is 0. The minimum absolute atomic E-state index is 0.0582. The van der Waals surface area contributed by atoms with Gasteiger partial charge in [0, 0.05) is 0 Å². The van der Waals surface area contributed by atoms with E-state index in [0.29, 0.717) is 6.04 Å². The number of nitrogens with zero attached hydrogens (tertiary/aromatic N) is 2. The molecule has 2 heterocycles. The molecule has 0 N–H and O–H groups in total. The van der Waals surface area contributed by atoms with E-state index < -0.39 is 0 Å². The van der Waals surface area contributed by atoms with E-state index in [4.69, 9.17) is 19.2 Å². The average Bonchev–Trinajstić information content (AvgIpc) is 3.43. The van der Waals surface area contributed by atoms with E-state index in [9.17, 15) is 0 Å². The Labute approximate surface area is 176 Å². The smallest absolute Gasteiger partial charge is 0.161 e. The molecule has 5 nitrogen and oxygen atoms in total. The summed E-state index contributed by atoms with van der Waals surface area (Å²) in [4.78, 5) is 7.58. The molecule has 3 aromatic rings. The summed E-state index contributed by atoms with van der Waals surface area (Å²) in [6, 6.07) is 25.4. The molecule has 30 heavy (non-hydrogen) atoms. The molecule has 0 aromatic heterocycles. The number of hydrogen-bond acceptors (Lipinski definition) is 5. The van der Waals surface area contributed by atoms with Gasteiger partial charge in [-0.05, 0) is 53.1 Å². The molecule has 1 saturated heterocycles. The lowest BCUT2D eigenvalue weighted by atomic mass is 10.0. The molecule has 152 valence electrons. The third-order valence-corrected chi connectivity index (χ3v) is 5.91. The number of fused-ring (bicyclic) bond motifs is 1. The van der Waals surface area contributed by atoms with Gasteiger partial charge in [-0.1, -0.05) is 36.4 Å². The molecular weight excluding hydrogens is 376 g/mol. The van der Waals surface area contributed by atoms with E-state index in [1.165, 1.54) is 5.56 Å². The number of benzene rings is 3. The fourth-order valence-electron chi connectivity index (χ4n) is 4.39. The fourth-order valence-corrected chi connectivity index (χ4v) is 4.39. The van der Waals surface area contributed by atoms with Gasteiger partial charge in [-0.3, -0.25) is 9.89 Å². The molecule has 0 bridgehead atoms. The lowest BCUT2D eigenvalue weighted by molar-refractivity contribution is 0.351. The van der Waals surface area contributed by atoms with Gasteiger partial charge in [0.05, 0.1) is 39.1 Å². The van der Waals surface area contributed by atoms with Crippen LogP contribution in [0.1, 0.15) is 28.9 Å². The topological polar surface area (TPSA) is 43.1 Å². The van der Waals surface area contributed by atoms with Crippen molar-refractivity contribution >= 4 is 5.71 Å². The lowest BCUT2D eigenvalue weighted by Crippen LogP contribution is -2.08. The first-order chi connectivity index (χ1) is 14.7.